The molecule has 0 unspecified atom stereocenters. The summed E-state index contributed by atoms with van der Waals surface area (Å²) < 4.78 is 11.1. The highest BCUT2D eigenvalue weighted by Crippen LogP contribution is 2.22. The Bertz CT molecular complexity index is 723. The highest BCUT2D eigenvalue weighted by molar-refractivity contribution is 5.56. The molecule has 1 N–H and O–H groups in total. The number of pyridine rings is 1. The van der Waals surface area contributed by atoms with Gasteiger partial charge in [0, 0.05) is 36.3 Å². The van der Waals surface area contributed by atoms with E-state index in [1.165, 1.54) is 0 Å². The lowest BCUT2D eigenvalue weighted by atomic mass is 10.2. The van der Waals surface area contributed by atoms with Crippen molar-refractivity contribution in [3.63, 3.8) is 0 Å². The van der Waals surface area contributed by atoms with E-state index in [1.807, 2.05) is 42.5 Å². The van der Waals surface area contributed by atoms with Crippen molar-refractivity contribution in [2.75, 3.05) is 12.4 Å². The Balaban J connectivity index is 1.69. The molecule has 0 aliphatic rings. The molecule has 3 rings (SSSR count). The smallest absolute Gasteiger partial charge is 0.135 e. The van der Waals surface area contributed by atoms with Crippen molar-refractivity contribution in [3.05, 3.63) is 72.2 Å². The lowest BCUT2D eigenvalue weighted by molar-refractivity contribution is 0.185. The molecule has 0 aliphatic carbocycles. The standard InChI is InChI=1S/C18H18N2O2/c1-21-13-15-5-2-3-7-17(15)20-12-16-8-9-18(22-16)14-6-4-10-19-11-14/h2-11,20H,12-13H2,1H3. The first-order valence-corrected chi connectivity index (χ1v) is 7.16. The second kappa shape index (κ2) is 6.91. The number of aromatic nitrogens is 1. The van der Waals surface area contributed by atoms with Gasteiger partial charge in [-0.1, -0.05) is 18.2 Å². The summed E-state index contributed by atoms with van der Waals surface area (Å²) in [4.78, 5) is 4.11. The van der Waals surface area contributed by atoms with E-state index in [0.29, 0.717) is 13.2 Å². The molecule has 2 heterocycles. The van der Waals surface area contributed by atoms with Gasteiger partial charge in [0.05, 0.1) is 13.2 Å². The second-order valence-electron chi connectivity index (χ2n) is 4.95. The molecular weight excluding hydrogens is 276 g/mol. The quantitative estimate of drug-likeness (QED) is 0.743. The van der Waals surface area contributed by atoms with Gasteiger partial charge in [0.25, 0.3) is 0 Å². The Morgan fingerprint density at radius 1 is 1.09 bits per heavy atom. The first kappa shape index (κ1) is 14.4. The number of nitrogens with zero attached hydrogens (tertiary/aromatic N) is 1. The van der Waals surface area contributed by atoms with Crippen molar-refractivity contribution in [2.24, 2.45) is 0 Å². The van der Waals surface area contributed by atoms with Gasteiger partial charge in [-0.2, -0.15) is 0 Å². The van der Waals surface area contributed by atoms with E-state index in [0.717, 1.165) is 28.3 Å². The van der Waals surface area contributed by atoms with Crippen molar-refractivity contribution < 1.29 is 9.15 Å². The van der Waals surface area contributed by atoms with E-state index < -0.39 is 0 Å². The summed E-state index contributed by atoms with van der Waals surface area (Å²) in [7, 11) is 1.70. The molecule has 1 aromatic carbocycles. The zero-order valence-electron chi connectivity index (χ0n) is 12.5. The van der Waals surface area contributed by atoms with E-state index >= 15 is 0 Å². The molecule has 0 spiro atoms. The van der Waals surface area contributed by atoms with Crippen LogP contribution in [0.15, 0.2) is 65.3 Å². The maximum absolute atomic E-state index is 5.86. The normalized spacial score (nSPS) is 10.6. The number of para-hydroxylation sites is 1. The Hall–Kier alpha value is -2.59. The number of anilines is 1. The van der Waals surface area contributed by atoms with Crippen molar-refractivity contribution in [1.82, 2.24) is 4.98 Å². The topological polar surface area (TPSA) is 47.3 Å². The van der Waals surface area contributed by atoms with Gasteiger partial charge in [0.15, 0.2) is 0 Å². The summed E-state index contributed by atoms with van der Waals surface area (Å²) in [5.41, 5.74) is 3.17. The van der Waals surface area contributed by atoms with Crippen LogP contribution < -0.4 is 5.32 Å². The number of furan rings is 1. The number of methoxy groups -OCH3 is 1. The van der Waals surface area contributed by atoms with Gasteiger partial charge in [-0.3, -0.25) is 4.98 Å². The number of nitrogens with one attached hydrogen (secondary N) is 1. The van der Waals surface area contributed by atoms with Crippen molar-refractivity contribution in [1.29, 1.82) is 0 Å². The first-order chi connectivity index (χ1) is 10.9. The average Bonchev–Trinajstić information content (AvgIpc) is 3.04. The summed E-state index contributed by atoms with van der Waals surface area (Å²) in [5.74, 6) is 1.71. The predicted molar refractivity (Wildman–Crippen MR) is 86.4 cm³/mol. The van der Waals surface area contributed by atoms with E-state index in [4.69, 9.17) is 9.15 Å². The first-order valence-electron chi connectivity index (χ1n) is 7.16. The second-order valence-corrected chi connectivity index (χ2v) is 4.95. The minimum absolute atomic E-state index is 0.586. The van der Waals surface area contributed by atoms with Gasteiger partial charge < -0.3 is 14.5 Å². The summed E-state index contributed by atoms with van der Waals surface area (Å²) in [6.07, 6.45) is 3.55. The highest BCUT2D eigenvalue weighted by atomic mass is 16.5. The van der Waals surface area contributed by atoms with Gasteiger partial charge in [-0.05, 0) is 30.3 Å². The maximum atomic E-state index is 5.86. The lowest BCUT2D eigenvalue weighted by Gasteiger charge is -2.10. The SMILES string of the molecule is COCc1ccccc1NCc1ccc(-c2cccnc2)o1. The molecule has 0 bridgehead atoms. The fourth-order valence-corrected chi connectivity index (χ4v) is 2.29. The minimum atomic E-state index is 0.586. The summed E-state index contributed by atoms with van der Waals surface area (Å²) >= 11 is 0. The van der Waals surface area contributed by atoms with Crippen LogP contribution in [-0.4, -0.2) is 12.1 Å². The molecule has 0 atom stereocenters. The van der Waals surface area contributed by atoms with E-state index in [1.54, 1.807) is 19.5 Å². The molecule has 0 radical (unpaired) electrons. The number of ether oxygens (including phenoxy) is 1. The molecule has 3 aromatic rings. The monoisotopic (exact) mass is 294 g/mol. The van der Waals surface area contributed by atoms with Crippen molar-refractivity contribution >= 4 is 5.69 Å². The molecule has 0 saturated heterocycles. The minimum Gasteiger partial charge on any atom is -0.459 e. The predicted octanol–water partition coefficient (Wildman–Crippen LogP) is 4.10. The van der Waals surface area contributed by atoms with Crippen molar-refractivity contribution in [2.45, 2.75) is 13.2 Å². The number of hydrogen-bond acceptors (Lipinski definition) is 4. The summed E-state index contributed by atoms with van der Waals surface area (Å²) in [6, 6.07) is 15.9. The molecule has 4 heteroatoms. The maximum Gasteiger partial charge on any atom is 0.135 e. The zero-order chi connectivity index (χ0) is 15.2. The fourth-order valence-electron chi connectivity index (χ4n) is 2.29. The molecular formula is C18H18N2O2. The third kappa shape index (κ3) is 3.35. The van der Waals surface area contributed by atoms with E-state index in [9.17, 15) is 0 Å². The molecule has 0 saturated carbocycles. The molecule has 0 fully saturated rings. The van der Waals surface area contributed by atoms with Gasteiger partial charge in [0.2, 0.25) is 0 Å². The van der Waals surface area contributed by atoms with Crippen LogP contribution in [0.1, 0.15) is 11.3 Å². The van der Waals surface area contributed by atoms with Gasteiger partial charge >= 0.3 is 0 Å². The van der Waals surface area contributed by atoms with Crippen LogP contribution >= 0.6 is 0 Å². The Kier molecular flexibility index (Phi) is 4.51. The molecule has 2 aromatic heterocycles. The zero-order valence-corrected chi connectivity index (χ0v) is 12.5. The molecule has 0 aliphatic heterocycles. The third-order valence-electron chi connectivity index (χ3n) is 3.38. The van der Waals surface area contributed by atoms with Crippen LogP contribution in [0.3, 0.4) is 0 Å². The average molecular weight is 294 g/mol. The largest absolute Gasteiger partial charge is 0.459 e. The van der Waals surface area contributed by atoms with Crippen LogP contribution in [0, 0.1) is 0 Å². The van der Waals surface area contributed by atoms with Crippen LogP contribution in [0.25, 0.3) is 11.3 Å². The molecule has 0 amide bonds. The lowest BCUT2D eigenvalue weighted by Crippen LogP contribution is -2.02. The van der Waals surface area contributed by atoms with Gasteiger partial charge in [0.1, 0.15) is 11.5 Å². The molecule has 112 valence electrons. The van der Waals surface area contributed by atoms with Crippen LogP contribution in [0.2, 0.25) is 0 Å². The van der Waals surface area contributed by atoms with Crippen LogP contribution in [-0.2, 0) is 17.9 Å². The van der Waals surface area contributed by atoms with Crippen LogP contribution in [0.4, 0.5) is 5.69 Å². The summed E-state index contributed by atoms with van der Waals surface area (Å²) in [6.45, 7) is 1.21. The van der Waals surface area contributed by atoms with Gasteiger partial charge in [-0.15, -0.1) is 0 Å². The third-order valence-corrected chi connectivity index (χ3v) is 3.38. The Morgan fingerprint density at radius 2 is 2.00 bits per heavy atom. The summed E-state index contributed by atoms with van der Waals surface area (Å²) in [5, 5.41) is 3.39. The van der Waals surface area contributed by atoms with E-state index in [-0.39, 0.29) is 0 Å². The Morgan fingerprint density at radius 3 is 2.82 bits per heavy atom. The molecule has 4 nitrogen and oxygen atoms in total. The Labute approximate surface area is 129 Å². The number of hydrogen-bond donors (Lipinski definition) is 1. The fraction of sp³-hybridized carbons (Fsp3) is 0.167. The highest BCUT2D eigenvalue weighted by Gasteiger charge is 2.06. The van der Waals surface area contributed by atoms with Gasteiger partial charge in [-0.25, -0.2) is 0 Å². The number of benzene rings is 1. The van der Waals surface area contributed by atoms with Crippen LogP contribution in [0.5, 0.6) is 0 Å². The molecule has 22 heavy (non-hydrogen) atoms. The number of rotatable bonds is 6. The van der Waals surface area contributed by atoms with Crippen molar-refractivity contribution in [3.8, 4) is 11.3 Å². The van der Waals surface area contributed by atoms with E-state index in [2.05, 4.69) is 16.4 Å².